The molecule has 0 saturated carbocycles. The Kier molecular flexibility index (Phi) is 13.5. The lowest BCUT2D eigenvalue weighted by Gasteiger charge is -2.25. The van der Waals surface area contributed by atoms with Gasteiger partial charge in [-0.15, -0.1) is 9.05 Å². The average Bonchev–Trinajstić information content (AvgIpc) is 3.41. The van der Waals surface area contributed by atoms with E-state index in [4.69, 9.17) is 18.9 Å². The summed E-state index contributed by atoms with van der Waals surface area (Å²) < 4.78 is 28.9. The number of fused-ring (bicyclic) bond motifs is 2. The van der Waals surface area contributed by atoms with E-state index in [0.717, 1.165) is 32.4 Å². The minimum Gasteiger partial charge on any atom is -0.394 e. The first-order valence-corrected chi connectivity index (χ1v) is 17.9. The largest absolute Gasteiger partial charge is 0.697 e. The molecule has 47 heavy (non-hydrogen) atoms. The SMILES string of the molecule is CCN1/C(=C/C=C/C2=[N+](CCCCCC(=O)NCCOCCO[P+](=O)OCCO)c3ccccc3C2(C)C)C(C)(C)c2ccccc21. The van der Waals surface area contributed by atoms with Gasteiger partial charge < -0.3 is 20.1 Å². The maximum absolute atomic E-state index is 12.3. The number of nitrogens with zero attached hydrogens (tertiary/aromatic N) is 2. The van der Waals surface area contributed by atoms with Crippen LogP contribution in [0.2, 0.25) is 0 Å². The molecule has 1 unspecified atom stereocenters. The average molecular weight is 666 g/mol. The maximum atomic E-state index is 12.3. The van der Waals surface area contributed by atoms with Gasteiger partial charge in [0.05, 0.1) is 25.2 Å². The second-order valence-corrected chi connectivity index (χ2v) is 13.8. The Hall–Kier alpha value is -3.20. The van der Waals surface area contributed by atoms with E-state index in [-0.39, 0.29) is 43.2 Å². The molecular formula is C37H52N3O6P+2. The molecule has 2 aliphatic heterocycles. The van der Waals surface area contributed by atoms with Crippen LogP contribution < -0.4 is 10.2 Å². The molecule has 4 rings (SSSR count). The first kappa shape index (κ1) is 36.6. The molecule has 0 aliphatic carbocycles. The van der Waals surface area contributed by atoms with Crippen LogP contribution in [-0.2, 0) is 34.0 Å². The Morgan fingerprint density at radius 3 is 2.43 bits per heavy atom. The molecule has 2 heterocycles. The van der Waals surface area contributed by atoms with Gasteiger partial charge in [0.1, 0.15) is 19.8 Å². The summed E-state index contributed by atoms with van der Waals surface area (Å²) in [6.07, 6.45) is 10.1. The predicted molar refractivity (Wildman–Crippen MR) is 188 cm³/mol. The van der Waals surface area contributed by atoms with Crippen LogP contribution in [0.15, 0.2) is 72.5 Å². The Bertz CT molecular complexity index is 1480. The number of unbranched alkanes of at least 4 members (excludes halogenated alkanes) is 2. The molecule has 2 N–H and O–H groups in total. The number of aliphatic hydroxyl groups is 1. The van der Waals surface area contributed by atoms with Crippen LogP contribution in [0.5, 0.6) is 0 Å². The highest BCUT2D eigenvalue weighted by Crippen LogP contribution is 2.47. The normalized spacial score (nSPS) is 17.4. The van der Waals surface area contributed by atoms with Gasteiger partial charge in [-0.25, -0.2) is 0 Å². The summed E-state index contributed by atoms with van der Waals surface area (Å²) in [5.74, 6) is 0.0133. The molecule has 0 saturated heterocycles. The summed E-state index contributed by atoms with van der Waals surface area (Å²) in [6, 6.07) is 17.4. The molecule has 10 heteroatoms. The van der Waals surface area contributed by atoms with Gasteiger partial charge in [-0.3, -0.25) is 4.79 Å². The van der Waals surface area contributed by atoms with Crippen molar-refractivity contribution in [2.45, 2.75) is 71.1 Å². The lowest BCUT2D eigenvalue weighted by atomic mass is 9.81. The quantitative estimate of drug-likeness (QED) is 0.0979. The van der Waals surface area contributed by atoms with Crippen molar-refractivity contribution in [1.29, 1.82) is 0 Å². The summed E-state index contributed by atoms with van der Waals surface area (Å²) in [6.45, 7) is 14.1. The zero-order valence-corrected chi connectivity index (χ0v) is 29.6. The molecule has 0 bridgehead atoms. The fraction of sp³-hybridized carbons (Fsp3) is 0.514. The monoisotopic (exact) mass is 665 g/mol. The van der Waals surface area contributed by atoms with Crippen LogP contribution in [0.3, 0.4) is 0 Å². The number of carbonyl (C=O) groups is 1. The molecular weight excluding hydrogens is 613 g/mol. The van der Waals surface area contributed by atoms with Crippen molar-refractivity contribution in [3.63, 3.8) is 0 Å². The number of nitrogens with one attached hydrogen (secondary N) is 1. The van der Waals surface area contributed by atoms with Gasteiger partial charge in [-0.05, 0) is 51.3 Å². The van der Waals surface area contributed by atoms with E-state index in [1.807, 2.05) is 0 Å². The van der Waals surface area contributed by atoms with Crippen molar-refractivity contribution in [3.05, 3.63) is 83.6 Å². The van der Waals surface area contributed by atoms with Crippen molar-refractivity contribution in [2.75, 3.05) is 57.6 Å². The van der Waals surface area contributed by atoms with Crippen molar-refractivity contribution < 1.29 is 32.8 Å². The fourth-order valence-corrected chi connectivity index (χ4v) is 7.13. The molecule has 0 aromatic heterocycles. The number of likely N-dealkylation sites (N-methyl/N-ethyl adjacent to an activating group) is 1. The van der Waals surface area contributed by atoms with Crippen LogP contribution in [0.25, 0.3) is 0 Å². The number of anilines is 1. The Labute approximate surface area is 281 Å². The maximum Gasteiger partial charge on any atom is 0.697 e. The van der Waals surface area contributed by atoms with Gasteiger partial charge in [0.2, 0.25) is 11.6 Å². The van der Waals surface area contributed by atoms with E-state index < -0.39 is 8.25 Å². The first-order valence-electron chi connectivity index (χ1n) is 16.8. The van der Waals surface area contributed by atoms with E-state index in [1.165, 1.54) is 33.9 Å². The molecule has 0 fully saturated rings. The number of carbonyl (C=O) groups excluding carboxylic acids is 1. The Morgan fingerprint density at radius 2 is 1.66 bits per heavy atom. The first-order chi connectivity index (χ1) is 22.6. The highest BCUT2D eigenvalue weighted by molar-refractivity contribution is 7.33. The third kappa shape index (κ3) is 9.04. The van der Waals surface area contributed by atoms with Crippen molar-refractivity contribution >= 4 is 31.2 Å². The number of aliphatic hydroxyl groups excluding tert-OH is 1. The van der Waals surface area contributed by atoms with E-state index in [0.29, 0.717) is 19.6 Å². The predicted octanol–water partition coefficient (Wildman–Crippen LogP) is 6.70. The molecule has 9 nitrogen and oxygen atoms in total. The zero-order valence-electron chi connectivity index (χ0n) is 28.7. The topological polar surface area (TPSA) is 100 Å². The number of para-hydroxylation sites is 2. The van der Waals surface area contributed by atoms with E-state index >= 15 is 0 Å². The number of rotatable bonds is 19. The summed E-state index contributed by atoms with van der Waals surface area (Å²) in [5.41, 5.74) is 7.69. The standard InChI is InChI=1S/C37H51N3O6P/c1-6-39-31-17-11-9-15-29(31)36(2,3)33(39)19-14-20-34-37(4,5)30-16-10-12-18-32(30)40(34)23-13-7-8-21-35(42)38-22-25-44-27-28-46-47(43)45-26-24-41/h9-12,14-20,41H,6-8,13,21-28H2,1-5H3/q+1/p+1. The highest BCUT2D eigenvalue weighted by Gasteiger charge is 2.44. The third-order valence-electron chi connectivity index (χ3n) is 8.99. The van der Waals surface area contributed by atoms with Crippen LogP contribution in [0.4, 0.5) is 11.4 Å². The summed E-state index contributed by atoms with van der Waals surface area (Å²) in [4.78, 5) is 14.8. The molecule has 254 valence electrons. The second kappa shape index (κ2) is 17.3. The van der Waals surface area contributed by atoms with Crippen LogP contribution >= 0.6 is 8.25 Å². The van der Waals surface area contributed by atoms with Crippen molar-refractivity contribution in [2.24, 2.45) is 0 Å². The van der Waals surface area contributed by atoms with Crippen LogP contribution in [-0.4, -0.2) is 74.0 Å². The number of ether oxygens (including phenoxy) is 1. The molecule has 2 aromatic rings. The number of allylic oxidation sites excluding steroid dienone is 4. The third-order valence-corrected chi connectivity index (χ3v) is 9.78. The van der Waals surface area contributed by atoms with Gasteiger partial charge in [-0.2, -0.15) is 4.58 Å². The van der Waals surface area contributed by atoms with E-state index in [1.54, 1.807) is 0 Å². The van der Waals surface area contributed by atoms with Crippen LogP contribution in [0, 0.1) is 0 Å². The highest BCUT2D eigenvalue weighted by atomic mass is 31.1. The minimum absolute atomic E-state index is 0.0133. The Morgan fingerprint density at radius 1 is 0.936 bits per heavy atom. The molecule has 2 aliphatic rings. The molecule has 1 atom stereocenters. The van der Waals surface area contributed by atoms with Gasteiger partial charge in [-0.1, -0.05) is 56.3 Å². The summed E-state index contributed by atoms with van der Waals surface area (Å²) in [7, 11) is -2.24. The van der Waals surface area contributed by atoms with E-state index in [2.05, 4.69) is 116 Å². The molecule has 1 amide bonds. The number of hydrogen-bond donors (Lipinski definition) is 2. The lowest BCUT2D eigenvalue weighted by Crippen LogP contribution is -2.28. The summed E-state index contributed by atoms with van der Waals surface area (Å²) in [5, 5.41) is 11.5. The number of benzene rings is 2. The van der Waals surface area contributed by atoms with Crippen LogP contribution in [0.1, 0.15) is 71.4 Å². The Balaban J connectivity index is 1.29. The van der Waals surface area contributed by atoms with Crippen molar-refractivity contribution in [3.8, 4) is 0 Å². The second-order valence-electron chi connectivity index (χ2n) is 12.9. The van der Waals surface area contributed by atoms with Gasteiger partial charge in [0, 0.05) is 65.0 Å². The van der Waals surface area contributed by atoms with Gasteiger partial charge >= 0.3 is 8.25 Å². The fourth-order valence-electron chi connectivity index (χ4n) is 6.60. The minimum atomic E-state index is -2.24. The van der Waals surface area contributed by atoms with E-state index in [9.17, 15) is 9.36 Å². The van der Waals surface area contributed by atoms with Crippen molar-refractivity contribution in [1.82, 2.24) is 5.32 Å². The molecule has 2 aromatic carbocycles. The van der Waals surface area contributed by atoms with Gasteiger partial charge in [0.25, 0.3) is 0 Å². The number of amides is 1. The molecule has 0 radical (unpaired) electrons. The number of hydrogen-bond acceptors (Lipinski definition) is 7. The summed E-state index contributed by atoms with van der Waals surface area (Å²) >= 11 is 0. The smallest absolute Gasteiger partial charge is 0.394 e. The van der Waals surface area contributed by atoms with Gasteiger partial charge in [0.15, 0.2) is 5.71 Å². The lowest BCUT2D eigenvalue weighted by molar-refractivity contribution is -0.438. The molecule has 0 spiro atoms. The zero-order chi connectivity index (χ0) is 33.9.